The summed E-state index contributed by atoms with van der Waals surface area (Å²) < 4.78 is 5.78. The van der Waals surface area contributed by atoms with Crippen LogP contribution in [0.2, 0.25) is 0 Å². The Bertz CT molecular complexity index is 703. The minimum Gasteiger partial charge on any atom is -0.489 e. The zero-order valence-electron chi connectivity index (χ0n) is 15.1. The predicted octanol–water partition coefficient (Wildman–Crippen LogP) is 2.30. The molecule has 0 aliphatic rings. The number of benzene rings is 1. The molecule has 134 valence electrons. The normalized spacial score (nSPS) is 10.8. The van der Waals surface area contributed by atoms with Gasteiger partial charge in [0, 0.05) is 19.2 Å². The van der Waals surface area contributed by atoms with Gasteiger partial charge in [-0.25, -0.2) is 9.97 Å². The van der Waals surface area contributed by atoms with Crippen LogP contribution in [0.25, 0.3) is 0 Å². The fraction of sp³-hybridized carbons (Fsp3) is 0.389. The molecule has 0 aliphatic carbocycles. The molecule has 0 aliphatic heterocycles. The van der Waals surface area contributed by atoms with Crippen LogP contribution >= 0.6 is 0 Å². The van der Waals surface area contributed by atoms with E-state index in [0.717, 1.165) is 18.0 Å². The number of ether oxygens (including phenoxy) is 1. The predicted molar refractivity (Wildman–Crippen MR) is 98.4 cm³/mol. The van der Waals surface area contributed by atoms with Crippen LogP contribution in [0.3, 0.4) is 0 Å². The third kappa shape index (κ3) is 6.04. The van der Waals surface area contributed by atoms with Crippen LogP contribution in [0.5, 0.6) is 5.75 Å². The van der Waals surface area contributed by atoms with Crippen molar-refractivity contribution in [1.29, 1.82) is 0 Å². The van der Waals surface area contributed by atoms with E-state index in [4.69, 9.17) is 4.74 Å². The first-order valence-electron chi connectivity index (χ1n) is 8.23. The van der Waals surface area contributed by atoms with Gasteiger partial charge in [-0.2, -0.15) is 0 Å². The third-order valence-corrected chi connectivity index (χ3v) is 3.26. The van der Waals surface area contributed by atoms with Crippen LogP contribution in [0.15, 0.2) is 36.7 Å². The number of nitrogens with zero attached hydrogens (tertiary/aromatic N) is 3. The summed E-state index contributed by atoms with van der Waals surface area (Å²) in [4.78, 5) is 22.4. The Kier molecular flexibility index (Phi) is 6.71. The van der Waals surface area contributed by atoms with E-state index in [1.165, 1.54) is 6.33 Å². The fourth-order valence-corrected chi connectivity index (χ4v) is 2.10. The molecule has 25 heavy (non-hydrogen) atoms. The molecule has 2 aromatic rings. The van der Waals surface area contributed by atoms with Gasteiger partial charge in [0.15, 0.2) is 0 Å². The Hall–Kier alpha value is -2.67. The van der Waals surface area contributed by atoms with Gasteiger partial charge in [0.05, 0.1) is 11.8 Å². The number of para-hydroxylation sites is 2. The maximum Gasteiger partial charge on any atom is 0.270 e. The van der Waals surface area contributed by atoms with Gasteiger partial charge in [0.2, 0.25) is 0 Å². The molecule has 0 bridgehead atoms. The Morgan fingerprint density at radius 2 is 2.00 bits per heavy atom. The van der Waals surface area contributed by atoms with Gasteiger partial charge in [-0.3, -0.25) is 4.79 Å². The maximum atomic E-state index is 12.2. The topological polar surface area (TPSA) is 79.4 Å². The summed E-state index contributed by atoms with van der Waals surface area (Å²) in [5.74, 6) is 1.04. The number of hydrogen-bond acceptors (Lipinski definition) is 6. The largest absolute Gasteiger partial charge is 0.489 e. The zero-order chi connectivity index (χ0) is 18.2. The second kappa shape index (κ2) is 8.98. The molecule has 0 radical (unpaired) electrons. The highest BCUT2D eigenvalue weighted by Gasteiger charge is 2.10. The smallest absolute Gasteiger partial charge is 0.270 e. The molecule has 0 fully saturated rings. The number of likely N-dealkylation sites (N-methyl/N-ethyl adjacent to an activating group) is 1. The Labute approximate surface area is 148 Å². The van der Waals surface area contributed by atoms with E-state index in [9.17, 15) is 4.79 Å². The van der Waals surface area contributed by atoms with E-state index in [-0.39, 0.29) is 12.0 Å². The van der Waals surface area contributed by atoms with Crippen LogP contribution < -0.4 is 15.4 Å². The van der Waals surface area contributed by atoms with Crippen molar-refractivity contribution in [2.75, 3.05) is 32.5 Å². The molecule has 2 rings (SSSR count). The molecule has 7 nitrogen and oxygen atoms in total. The van der Waals surface area contributed by atoms with Gasteiger partial charge in [-0.15, -0.1) is 0 Å². The van der Waals surface area contributed by atoms with E-state index in [2.05, 4.69) is 20.6 Å². The summed E-state index contributed by atoms with van der Waals surface area (Å²) >= 11 is 0. The van der Waals surface area contributed by atoms with Gasteiger partial charge in [0.25, 0.3) is 5.91 Å². The van der Waals surface area contributed by atoms with Crippen molar-refractivity contribution in [2.45, 2.75) is 20.0 Å². The quantitative estimate of drug-likeness (QED) is 0.766. The lowest BCUT2D eigenvalue weighted by atomic mass is 10.2. The second-order valence-corrected chi connectivity index (χ2v) is 6.14. The monoisotopic (exact) mass is 343 g/mol. The molecule has 0 atom stereocenters. The van der Waals surface area contributed by atoms with Crippen LogP contribution in [-0.2, 0) is 0 Å². The summed E-state index contributed by atoms with van der Waals surface area (Å²) in [6, 6.07) is 9.23. The first-order valence-corrected chi connectivity index (χ1v) is 8.23. The summed E-state index contributed by atoms with van der Waals surface area (Å²) in [5.41, 5.74) is 1.10. The molecule has 2 N–H and O–H groups in total. The number of anilines is 2. The van der Waals surface area contributed by atoms with E-state index >= 15 is 0 Å². The Morgan fingerprint density at radius 1 is 1.24 bits per heavy atom. The zero-order valence-corrected chi connectivity index (χ0v) is 15.1. The highest BCUT2D eigenvalue weighted by Crippen LogP contribution is 2.27. The van der Waals surface area contributed by atoms with Crippen LogP contribution in [0.1, 0.15) is 24.3 Å². The van der Waals surface area contributed by atoms with E-state index in [1.807, 2.05) is 57.1 Å². The van der Waals surface area contributed by atoms with Gasteiger partial charge in [-0.1, -0.05) is 12.1 Å². The molecular weight excluding hydrogens is 318 g/mol. The number of rotatable bonds is 8. The summed E-state index contributed by atoms with van der Waals surface area (Å²) in [7, 11) is 3.91. The van der Waals surface area contributed by atoms with Crippen molar-refractivity contribution in [3.8, 4) is 5.75 Å². The van der Waals surface area contributed by atoms with Gasteiger partial charge >= 0.3 is 0 Å². The minimum atomic E-state index is -0.223. The molecule has 1 aromatic carbocycles. The molecule has 7 heteroatoms. The van der Waals surface area contributed by atoms with Crippen LogP contribution in [0.4, 0.5) is 11.5 Å². The second-order valence-electron chi connectivity index (χ2n) is 6.14. The third-order valence-electron chi connectivity index (χ3n) is 3.26. The lowest BCUT2D eigenvalue weighted by molar-refractivity contribution is 0.0946. The first-order chi connectivity index (χ1) is 12.0. The average Bonchev–Trinajstić information content (AvgIpc) is 2.56. The molecular formula is C18H25N5O2. The van der Waals surface area contributed by atoms with Crippen molar-refractivity contribution in [3.05, 3.63) is 42.4 Å². The van der Waals surface area contributed by atoms with E-state index in [1.54, 1.807) is 6.07 Å². The molecule has 0 unspecified atom stereocenters. The lowest BCUT2D eigenvalue weighted by Gasteiger charge is -2.15. The first kappa shape index (κ1) is 18.7. The SMILES string of the molecule is CC(C)Oc1ccccc1Nc1cc(C(=O)NCCN(C)C)ncn1. The summed E-state index contributed by atoms with van der Waals surface area (Å²) in [6.07, 6.45) is 1.43. The standard InChI is InChI=1S/C18H25N5O2/c1-13(2)25-16-8-6-5-7-14(16)22-17-11-15(20-12-21-17)18(24)19-9-10-23(3)4/h5-8,11-13H,9-10H2,1-4H3,(H,19,24)(H,20,21,22). The Morgan fingerprint density at radius 3 is 2.72 bits per heavy atom. The van der Waals surface area contributed by atoms with Crippen molar-refractivity contribution >= 4 is 17.4 Å². The average molecular weight is 343 g/mol. The highest BCUT2D eigenvalue weighted by molar-refractivity contribution is 5.93. The molecule has 1 aromatic heterocycles. The number of carbonyl (C=O) groups is 1. The van der Waals surface area contributed by atoms with Gasteiger partial charge in [0.1, 0.15) is 23.6 Å². The van der Waals surface area contributed by atoms with Crippen molar-refractivity contribution < 1.29 is 9.53 Å². The summed E-state index contributed by atoms with van der Waals surface area (Å²) in [5, 5.41) is 6.02. The summed E-state index contributed by atoms with van der Waals surface area (Å²) in [6.45, 7) is 5.26. The molecule has 1 amide bonds. The van der Waals surface area contributed by atoms with Gasteiger partial charge in [-0.05, 0) is 40.1 Å². The highest BCUT2D eigenvalue weighted by atomic mass is 16.5. The van der Waals surface area contributed by atoms with Crippen molar-refractivity contribution in [2.24, 2.45) is 0 Å². The van der Waals surface area contributed by atoms with Crippen LogP contribution in [0, 0.1) is 0 Å². The molecule has 1 heterocycles. The molecule has 0 spiro atoms. The molecule has 0 saturated heterocycles. The minimum absolute atomic E-state index is 0.0615. The van der Waals surface area contributed by atoms with Gasteiger partial charge < -0.3 is 20.3 Å². The fourth-order valence-electron chi connectivity index (χ4n) is 2.10. The van der Waals surface area contributed by atoms with E-state index < -0.39 is 0 Å². The number of carbonyl (C=O) groups excluding carboxylic acids is 1. The van der Waals surface area contributed by atoms with Crippen molar-refractivity contribution in [1.82, 2.24) is 20.2 Å². The molecule has 0 saturated carbocycles. The number of nitrogens with one attached hydrogen (secondary N) is 2. The lowest BCUT2D eigenvalue weighted by Crippen LogP contribution is -2.31. The van der Waals surface area contributed by atoms with Crippen molar-refractivity contribution in [3.63, 3.8) is 0 Å². The Balaban J connectivity index is 2.08. The van der Waals surface area contributed by atoms with E-state index in [0.29, 0.717) is 18.1 Å². The number of amides is 1. The number of aromatic nitrogens is 2. The number of hydrogen-bond donors (Lipinski definition) is 2. The maximum absolute atomic E-state index is 12.2. The van der Waals surface area contributed by atoms with Crippen LogP contribution in [-0.4, -0.2) is 54.1 Å².